The molecule has 84 valence electrons. The molecule has 1 aromatic heterocycles. The van der Waals surface area contributed by atoms with Crippen molar-refractivity contribution in [1.82, 2.24) is 4.98 Å². The Morgan fingerprint density at radius 3 is 2.53 bits per heavy atom. The zero-order valence-electron chi connectivity index (χ0n) is 9.76. The molecule has 0 N–H and O–H groups in total. The Hall–Kier alpha value is -1.89. The lowest BCUT2D eigenvalue weighted by Crippen LogP contribution is -1.93. The van der Waals surface area contributed by atoms with Gasteiger partial charge < -0.3 is 0 Å². The van der Waals surface area contributed by atoms with Crippen LogP contribution in [0.2, 0.25) is 0 Å². The highest BCUT2D eigenvalue weighted by Crippen LogP contribution is 2.43. The van der Waals surface area contributed by atoms with Crippen molar-refractivity contribution in [2.24, 2.45) is 0 Å². The minimum Gasteiger partial charge on any atom is -0.256 e. The Bertz CT molecular complexity index is 539. The summed E-state index contributed by atoms with van der Waals surface area (Å²) in [6.45, 7) is 3.95. The van der Waals surface area contributed by atoms with E-state index in [1.165, 1.54) is 29.5 Å². The average molecular weight is 221 g/mol. The Balaban J connectivity index is 2.16. The van der Waals surface area contributed by atoms with Gasteiger partial charge in [0.2, 0.25) is 0 Å². The number of hydrogen-bond donors (Lipinski definition) is 0. The van der Waals surface area contributed by atoms with Gasteiger partial charge in [-0.2, -0.15) is 0 Å². The third-order valence-corrected chi connectivity index (χ3v) is 3.29. The number of pyridine rings is 1. The molecular formula is C16H15N. The third-order valence-electron chi connectivity index (χ3n) is 3.29. The van der Waals surface area contributed by atoms with E-state index in [0.29, 0.717) is 0 Å². The van der Waals surface area contributed by atoms with Crippen molar-refractivity contribution in [1.29, 1.82) is 0 Å². The summed E-state index contributed by atoms with van der Waals surface area (Å²) in [4.78, 5) is 4.52. The predicted molar refractivity (Wildman–Crippen MR) is 71.7 cm³/mol. The fraction of sp³-hybridized carbons (Fsp3) is 0.188. The van der Waals surface area contributed by atoms with E-state index in [9.17, 15) is 0 Å². The molecule has 1 heterocycles. The molecule has 0 saturated heterocycles. The van der Waals surface area contributed by atoms with Crippen LogP contribution in [-0.2, 0) is 0 Å². The van der Waals surface area contributed by atoms with Crippen molar-refractivity contribution in [2.75, 3.05) is 0 Å². The maximum atomic E-state index is 4.52. The van der Waals surface area contributed by atoms with Gasteiger partial charge in [-0.1, -0.05) is 43.0 Å². The first-order valence-corrected chi connectivity index (χ1v) is 6.07. The van der Waals surface area contributed by atoms with E-state index in [0.717, 1.165) is 11.6 Å². The second-order valence-electron chi connectivity index (χ2n) is 4.51. The Labute approximate surface area is 102 Å². The van der Waals surface area contributed by atoms with E-state index in [1.807, 2.05) is 30.5 Å². The fourth-order valence-corrected chi connectivity index (χ4v) is 2.28. The minimum atomic E-state index is 0.730. The lowest BCUT2D eigenvalue weighted by Gasteiger charge is -2.10. The quantitative estimate of drug-likeness (QED) is 0.754. The molecule has 0 amide bonds. The molecule has 0 aliphatic heterocycles. The maximum absolute atomic E-state index is 4.52. The highest BCUT2D eigenvalue weighted by molar-refractivity contribution is 5.73. The van der Waals surface area contributed by atoms with Gasteiger partial charge in [0.1, 0.15) is 0 Å². The second kappa shape index (κ2) is 4.17. The molecule has 1 nitrogen and oxygen atoms in total. The summed E-state index contributed by atoms with van der Waals surface area (Å²) >= 11 is 0. The maximum Gasteiger partial charge on any atom is 0.0776 e. The number of nitrogens with zero attached hydrogens (tertiary/aromatic N) is 1. The lowest BCUT2D eigenvalue weighted by atomic mass is 9.98. The Morgan fingerprint density at radius 2 is 1.88 bits per heavy atom. The van der Waals surface area contributed by atoms with Gasteiger partial charge in [-0.15, -0.1) is 0 Å². The van der Waals surface area contributed by atoms with Crippen LogP contribution in [0.5, 0.6) is 0 Å². The first kappa shape index (κ1) is 10.3. The van der Waals surface area contributed by atoms with E-state index < -0.39 is 0 Å². The molecule has 1 heteroatoms. The highest BCUT2D eigenvalue weighted by atomic mass is 14.7. The third kappa shape index (κ3) is 1.89. The van der Waals surface area contributed by atoms with Gasteiger partial charge in [-0.25, -0.2) is 0 Å². The first-order valence-electron chi connectivity index (χ1n) is 6.07. The Morgan fingerprint density at radius 1 is 1.12 bits per heavy atom. The normalized spacial score (nSPS) is 14.6. The summed E-state index contributed by atoms with van der Waals surface area (Å²) in [6.07, 6.45) is 6.48. The molecule has 0 radical (unpaired) electrons. The van der Waals surface area contributed by atoms with Gasteiger partial charge in [-0.05, 0) is 30.4 Å². The molecule has 3 rings (SSSR count). The van der Waals surface area contributed by atoms with Crippen LogP contribution in [0.15, 0.2) is 49.2 Å². The molecule has 0 bridgehead atoms. The zero-order chi connectivity index (χ0) is 11.7. The van der Waals surface area contributed by atoms with Gasteiger partial charge in [0.05, 0.1) is 5.69 Å². The summed E-state index contributed by atoms with van der Waals surface area (Å²) in [5.74, 6) is 0.730. The van der Waals surface area contributed by atoms with E-state index in [1.54, 1.807) is 0 Å². The smallest absolute Gasteiger partial charge is 0.0776 e. The minimum absolute atomic E-state index is 0.730. The van der Waals surface area contributed by atoms with E-state index in [-0.39, 0.29) is 0 Å². The highest BCUT2D eigenvalue weighted by Gasteiger charge is 2.26. The van der Waals surface area contributed by atoms with Crippen LogP contribution in [0.4, 0.5) is 0 Å². The van der Waals surface area contributed by atoms with Gasteiger partial charge in [-0.3, -0.25) is 4.98 Å². The molecule has 2 aromatic rings. The summed E-state index contributed by atoms with van der Waals surface area (Å²) < 4.78 is 0. The van der Waals surface area contributed by atoms with Crippen LogP contribution < -0.4 is 0 Å². The van der Waals surface area contributed by atoms with Crippen molar-refractivity contribution in [3.8, 4) is 11.3 Å². The van der Waals surface area contributed by atoms with Gasteiger partial charge in [0.25, 0.3) is 0 Å². The molecular weight excluding hydrogens is 206 g/mol. The number of rotatable bonds is 3. The van der Waals surface area contributed by atoms with Crippen LogP contribution in [0.1, 0.15) is 29.9 Å². The van der Waals surface area contributed by atoms with Gasteiger partial charge in [0, 0.05) is 17.3 Å². The number of hydrogen-bond acceptors (Lipinski definition) is 1. The van der Waals surface area contributed by atoms with Crippen molar-refractivity contribution >= 4 is 6.08 Å². The van der Waals surface area contributed by atoms with Crippen molar-refractivity contribution < 1.29 is 0 Å². The van der Waals surface area contributed by atoms with E-state index in [2.05, 4.69) is 29.8 Å². The monoisotopic (exact) mass is 221 g/mol. The summed E-state index contributed by atoms with van der Waals surface area (Å²) in [5.41, 5.74) is 4.85. The van der Waals surface area contributed by atoms with Crippen LogP contribution >= 0.6 is 0 Å². The molecule has 1 aliphatic rings. The van der Waals surface area contributed by atoms with Crippen LogP contribution in [-0.4, -0.2) is 4.98 Å². The molecule has 17 heavy (non-hydrogen) atoms. The molecule has 1 aliphatic carbocycles. The van der Waals surface area contributed by atoms with Gasteiger partial charge in [0.15, 0.2) is 0 Å². The van der Waals surface area contributed by atoms with Gasteiger partial charge >= 0.3 is 0 Å². The molecule has 1 fully saturated rings. The molecule has 0 unspecified atom stereocenters. The predicted octanol–water partition coefficient (Wildman–Crippen LogP) is 4.27. The van der Waals surface area contributed by atoms with Crippen molar-refractivity contribution in [2.45, 2.75) is 18.8 Å². The van der Waals surface area contributed by atoms with Crippen molar-refractivity contribution in [3.05, 3.63) is 60.3 Å². The largest absolute Gasteiger partial charge is 0.256 e. The van der Waals surface area contributed by atoms with Crippen molar-refractivity contribution in [3.63, 3.8) is 0 Å². The molecule has 1 saturated carbocycles. The second-order valence-corrected chi connectivity index (χ2v) is 4.51. The average Bonchev–Trinajstić information content (AvgIpc) is 3.23. The number of benzene rings is 1. The molecule has 1 aromatic carbocycles. The summed E-state index contributed by atoms with van der Waals surface area (Å²) in [7, 11) is 0. The molecule has 0 spiro atoms. The summed E-state index contributed by atoms with van der Waals surface area (Å²) in [6, 6.07) is 12.5. The SMILES string of the molecule is C=Cc1c(C2CC2)ccnc1-c1ccccc1. The first-order chi connectivity index (χ1) is 8.40. The topological polar surface area (TPSA) is 12.9 Å². The standard InChI is InChI=1S/C16H15N/c1-2-14-15(12-8-9-12)10-11-17-16(14)13-6-4-3-5-7-13/h2-7,10-12H,1,8-9H2. The fourth-order valence-electron chi connectivity index (χ4n) is 2.28. The zero-order valence-corrected chi connectivity index (χ0v) is 9.76. The van der Waals surface area contributed by atoms with Crippen LogP contribution in [0.3, 0.4) is 0 Å². The molecule has 0 atom stereocenters. The van der Waals surface area contributed by atoms with E-state index in [4.69, 9.17) is 0 Å². The lowest BCUT2D eigenvalue weighted by molar-refractivity contribution is 1.10. The summed E-state index contributed by atoms with van der Waals surface area (Å²) in [5, 5.41) is 0. The van der Waals surface area contributed by atoms with Crippen LogP contribution in [0, 0.1) is 0 Å². The Kier molecular flexibility index (Phi) is 2.52. The van der Waals surface area contributed by atoms with Crippen LogP contribution in [0.25, 0.3) is 17.3 Å². The number of aromatic nitrogens is 1. The van der Waals surface area contributed by atoms with E-state index >= 15 is 0 Å².